The Bertz CT molecular complexity index is 1130. The van der Waals surface area contributed by atoms with Crippen LogP contribution < -0.4 is 9.46 Å². The summed E-state index contributed by atoms with van der Waals surface area (Å²) in [5.41, 5.74) is 2.90. The number of ether oxygens (including phenoxy) is 2. The van der Waals surface area contributed by atoms with E-state index in [4.69, 9.17) is 14.6 Å². The number of amides is 1. The van der Waals surface area contributed by atoms with E-state index in [0.29, 0.717) is 38.4 Å². The number of methoxy groups -OCH3 is 1. The lowest BCUT2D eigenvalue weighted by molar-refractivity contribution is -0.135. The lowest BCUT2D eigenvalue weighted by Gasteiger charge is -2.29. The number of hydrogen-bond donors (Lipinski definition) is 1. The van der Waals surface area contributed by atoms with Crippen LogP contribution in [-0.4, -0.2) is 76.2 Å². The van der Waals surface area contributed by atoms with Crippen LogP contribution >= 0.6 is 0 Å². The quantitative estimate of drug-likeness (QED) is 0.662. The second-order valence-corrected chi connectivity index (χ2v) is 9.87. The maximum Gasteiger partial charge on any atom is 0.257 e. The van der Waals surface area contributed by atoms with E-state index in [0.717, 1.165) is 28.8 Å². The molecule has 1 fully saturated rings. The molecule has 33 heavy (non-hydrogen) atoms. The van der Waals surface area contributed by atoms with Crippen LogP contribution in [0.15, 0.2) is 53.6 Å². The van der Waals surface area contributed by atoms with Crippen molar-refractivity contribution in [2.45, 2.75) is 12.5 Å². The van der Waals surface area contributed by atoms with Crippen molar-refractivity contribution in [2.24, 2.45) is 5.10 Å². The standard InChI is InChI=1S/C23H28N4O5S/c1-31-20-8-6-17(7-9-20)22-15-21(18-4-3-5-19(14-18)25-33(2,29)30)24-27(22)23(28)16-26-10-12-32-13-11-26/h3-9,14,22,25H,10-13,15-16H2,1-2H3/t22-/m1/s1. The van der Waals surface area contributed by atoms with Crippen LogP contribution in [0.25, 0.3) is 0 Å². The van der Waals surface area contributed by atoms with Gasteiger partial charge in [-0.25, -0.2) is 13.4 Å². The van der Waals surface area contributed by atoms with E-state index < -0.39 is 10.0 Å². The van der Waals surface area contributed by atoms with Gasteiger partial charge in [0.1, 0.15) is 5.75 Å². The first-order chi connectivity index (χ1) is 15.8. The number of hydrazone groups is 1. The monoisotopic (exact) mass is 472 g/mol. The number of nitrogens with zero attached hydrogens (tertiary/aromatic N) is 3. The summed E-state index contributed by atoms with van der Waals surface area (Å²) in [4.78, 5) is 15.3. The molecule has 1 N–H and O–H groups in total. The van der Waals surface area contributed by atoms with Crippen LogP contribution in [-0.2, 0) is 19.6 Å². The molecule has 9 nitrogen and oxygen atoms in total. The highest BCUT2D eigenvalue weighted by Crippen LogP contribution is 2.34. The lowest BCUT2D eigenvalue weighted by Crippen LogP contribution is -2.43. The molecule has 4 rings (SSSR count). The van der Waals surface area contributed by atoms with Gasteiger partial charge in [0, 0.05) is 25.2 Å². The highest BCUT2D eigenvalue weighted by molar-refractivity contribution is 7.92. The number of benzene rings is 2. The van der Waals surface area contributed by atoms with Crippen molar-refractivity contribution in [3.8, 4) is 5.75 Å². The van der Waals surface area contributed by atoms with Gasteiger partial charge < -0.3 is 9.47 Å². The first-order valence-electron chi connectivity index (χ1n) is 10.7. The van der Waals surface area contributed by atoms with E-state index in [1.54, 1.807) is 30.3 Å². The van der Waals surface area contributed by atoms with Crippen LogP contribution in [0.3, 0.4) is 0 Å². The molecule has 0 unspecified atom stereocenters. The molecule has 10 heteroatoms. The van der Waals surface area contributed by atoms with Gasteiger partial charge in [-0.1, -0.05) is 24.3 Å². The van der Waals surface area contributed by atoms with Crippen molar-refractivity contribution >= 4 is 27.3 Å². The molecule has 2 aliphatic rings. The van der Waals surface area contributed by atoms with E-state index in [-0.39, 0.29) is 18.5 Å². The number of hydrogen-bond acceptors (Lipinski definition) is 7. The molecule has 0 saturated carbocycles. The Morgan fingerprint density at radius 1 is 1.18 bits per heavy atom. The Kier molecular flexibility index (Phi) is 6.96. The van der Waals surface area contributed by atoms with Crippen molar-refractivity contribution in [1.82, 2.24) is 9.91 Å². The van der Waals surface area contributed by atoms with Crippen molar-refractivity contribution in [3.05, 3.63) is 59.7 Å². The molecule has 2 aromatic carbocycles. The first kappa shape index (κ1) is 23.2. The van der Waals surface area contributed by atoms with E-state index in [1.807, 2.05) is 30.3 Å². The van der Waals surface area contributed by atoms with Gasteiger partial charge in [0.2, 0.25) is 10.0 Å². The molecular formula is C23H28N4O5S. The summed E-state index contributed by atoms with van der Waals surface area (Å²) in [7, 11) is -1.79. The number of carbonyl (C=O) groups is 1. The minimum atomic E-state index is -3.40. The molecule has 2 aromatic rings. The van der Waals surface area contributed by atoms with Crippen molar-refractivity contribution in [3.63, 3.8) is 0 Å². The lowest BCUT2D eigenvalue weighted by atomic mass is 9.98. The van der Waals surface area contributed by atoms with E-state index in [1.165, 1.54) is 0 Å². The Morgan fingerprint density at radius 2 is 1.91 bits per heavy atom. The Hall–Kier alpha value is -2.95. The second-order valence-electron chi connectivity index (χ2n) is 8.12. The highest BCUT2D eigenvalue weighted by Gasteiger charge is 2.34. The molecule has 1 atom stereocenters. The minimum absolute atomic E-state index is 0.0851. The number of carbonyl (C=O) groups excluding carboxylic acids is 1. The largest absolute Gasteiger partial charge is 0.497 e. The zero-order chi connectivity index (χ0) is 23.4. The highest BCUT2D eigenvalue weighted by atomic mass is 32.2. The zero-order valence-corrected chi connectivity index (χ0v) is 19.5. The molecule has 0 radical (unpaired) electrons. The fourth-order valence-corrected chi connectivity index (χ4v) is 4.55. The fourth-order valence-electron chi connectivity index (χ4n) is 4.00. The normalized spacial score (nSPS) is 19.3. The molecule has 0 spiro atoms. The van der Waals surface area contributed by atoms with Gasteiger partial charge in [0.25, 0.3) is 5.91 Å². The number of anilines is 1. The summed E-state index contributed by atoms with van der Waals surface area (Å²) in [6.07, 6.45) is 1.63. The number of sulfonamides is 1. The first-order valence-corrected chi connectivity index (χ1v) is 12.6. The zero-order valence-electron chi connectivity index (χ0n) is 18.7. The van der Waals surface area contributed by atoms with Crippen LogP contribution in [0.1, 0.15) is 23.6 Å². The minimum Gasteiger partial charge on any atom is -0.497 e. The number of rotatable bonds is 7. The molecule has 1 amide bonds. The molecule has 176 valence electrons. The maximum absolute atomic E-state index is 13.3. The van der Waals surface area contributed by atoms with Gasteiger partial charge >= 0.3 is 0 Å². The Morgan fingerprint density at radius 3 is 2.58 bits per heavy atom. The SMILES string of the molecule is COc1ccc([C@H]2CC(c3cccc(NS(C)(=O)=O)c3)=NN2C(=O)CN2CCOCC2)cc1. The van der Waals surface area contributed by atoms with Crippen LogP contribution in [0.2, 0.25) is 0 Å². The van der Waals surface area contributed by atoms with Crippen LogP contribution in [0.4, 0.5) is 5.69 Å². The molecule has 0 aliphatic carbocycles. The average Bonchev–Trinajstić information content (AvgIpc) is 3.25. The maximum atomic E-state index is 13.3. The van der Waals surface area contributed by atoms with Crippen LogP contribution in [0, 0.1) is 0 Å². The summed E-state index contributed by atoms with van der Waals surface area (Å²) in [5.74, 6) is 0.654. The number of nitrogens with one attached hydrogen (secondary N) is 1. The fraction of sp³-hybridized carbons (Fsp3) is 0.391. The summed E-state index contributed by atoms with van der Waals surface area (Å²) >= 11 is 0. The van der Waals surface area contributed by atoms with Gasteiger partial charge in [-0.2, -0.15) is 5.10 Å². The second kappa shape index (κ2) is 9.90. The van der Waals surface area contributed by atoms with Gasteiger partial charge in [0.05, 0.1) is 44.9 Å². The van der Waals surface area contributed by atoms with Gasteiger partial charge in [-0.05, 0) is 35.4 Å². The summed E-state index contributed by atoms with van der Waals surface area (Å²) in [5, 5.41) is 6.25. The summed E-state index contributed by atoms with van der Waals surface area (Å²) in [6.45, 7) is 2.92. The molecular weight excluding hydrogens is 444 g/mol. The predicted molar refractivity (Wildman–Crippen MR) is 126 cm³/mol. The molecule has 0 aromatic heterocycles. The molecule has 2 heterocycles. The Labute approximate surface area is 194 Å². The predicted octanol–water partition coefficient (Wildman–Crippen LogP) is 2.08. The van der Waals surface area contributed by atoms with Crippen LogP contribution in [0.5, 0.6) is 5.75 Å². The summed E-state index contributed by atoms with van der Waals surface area (Å²) < 4.78 is 36.4. The van der Waals surface area contributed by atoms with Gasteiger partial charge in [-0.15, -0.1) is 0 Å². The third-order valence-electron chi connectivity index (χ3n) is 5.63. The molecule has 2 aliphatic heterocycles. The molecule has 1 saturated heterocycles. The smallest absolute Gasteiger partial charge is 0.257 e. The van der Waals surface area contributed by atoms with Gasteiger partial charge in [-0.3, -0.25) is 14.4 Å². The topological polar surface area (TPSA) is 101 Å². The van der Waals surface area contributed by atoms with E-state index in [2.05, 4.69) is 9.62 Å². The third-order valence-corrected chi connectivity index (χ3v) is 6.23. The number of morpholine rings is 1. The van der Waals surface area contributed by atoms with Crippen molar-refractivity contribution < 1.29 is 22.7 Å². The van der Waals surface area contributed by atoms with Crippen molar-refractivity contribution in [2.75, 3.05) is 50.9 Å². The summed E-state index contributed by atoms with van der Waals surface area (Å²) in [6, 6.07) is 14.4. The van der Waals surface area contributed by atoms with Crippen molar-refractivity contribution in [1.29, 1.82) is 0 Å². The van der Waals surface area contributed by atoms with E-state index >= 15 is 0 Å². The Balaban J connectivity index is 1.61. The molecule has 0 bridgehead atoms. The van der Waals surface area contributed by atoms with E-state index in [9.17, 15) is 13.2 Å². The van der Waals surface area contributed by atoms with Gasteiger partial charge in [0.15, 0.2) is 0 Å². The average molecular weight is 473 g/mol. The third kappa shape index (κ3) is 5.89.